The Morgan fingerprint density at radius 3 is 2.92 bits per heavy atom. The van der Waals surface area contributed by atoms with Gasteiger partial charge in [0.1, 0.15) is 22.9 Å². The van der Waals surface area contributed by atoms with Crippen LogP contribution in [0.25, 0.3) is 5.65 Å². The minimum Gasteiger partial charge on any atom is -0.508 e. The summed E-state index contributed by atoms with van der Waals surface area (Å²) in [5.74, 6) is -1.20. The van der Waals surface area contributed by atoms with E-state index < -0.39 is 11.8 Å². The van der Waals surface area contributed by atoms with Gasteiger partial charge in [-0.1, -0.05) is 0 Å². The summed E-state index contributed by atoms with van der Waals surface area (Å²) in [6.07, 6.45) is 3.14. The number of aromatic carboxylic acids is 1. The summed E-state index contributed by atoms with van der Waals surface area (Å²) in [5, 5.41) is 23.4. The first-order valence-electron chi connectivity index (χ1n) is 8.09. The number of aromatic nitrogens is 3. The van der Waals surface area contributed by atoms with E-state index in [4.69, 9.17) is 5.73 Å². The molecule has 3 heterocycles. The summed E-state index contributed by atoms with van der Waals surface area (Å²) in [4.78, 5) is 17.8. The Morgan fingerprint density at radius 1 is 1.35 bits per heavy atom. The van der Waals surface area contributed by atoms with Crippen molar-refractivity contribution in [3.8, 4) is 5.75 Å². The van der Waals surface area contributed by atoms with Crippen molar-refractivity contribution in [2.75, 3.05) is 17.2 Å². The van der Waals surface area contributed by atoms with Crippen molar-refractivity contribution in [2.24, 2.45) is 0 Å². The zero-order valence-electron chi connectivity index (χ0n) is 13.6. The molecule has 9 heteroatoms. The molecule has 0 bridgehead atoms. The molecule has 0 amide bonds. The summed E-state index contributed by atoms with van der Waals surface area (Å²) >= 11 is 0. The number of carboxylic acid groups (broad SMARTS) is 1. The lowest BCUT2D eigenvalue weighted by Crippen LogP contribution is -2.24. The van der Waals surface area contributed by atoms with Gasteiger partial charge in [0.2, 0.25) is 0 Å². The van der Waals surface area contributed by atoms with Gasteiger partial charge >= 0.3 is 5.97 Å². The number of phenolic OH excluding ortho intramolecular Hbond substituents is 1. The first-order valence-corrected chi connectivity index (χ1v) is 8.09. The van der Waals surface area contributed by atoms with Crippen LogP contribution in [0.1, 0.15) is 34.8 Å². The third-order valence-electron chi connectivity index (χ3n) is 4.61. The number of hydrogen-bond acceptors (Lipinski definition) is 6. The number of halogens is 1. The van der Waals surface area contributed by atoms with Crippen molar-refractivity contribution < 1.29 is 19.4 Å². The average Bonchev–Trinajstić information content (AvgIpc) is 3.19. The van der Waals surface area contributed by atoms with E-state index in [0.29, 0.717) is 17.9 Å². The number of benzene rings is 1. The van der Waals surface area contributed by atoms with Gasteiger partial charge in [-0.15, -0.1) is 5.10 Å². The van der Waals surface area contributed by atoms with Crippen molar-refractivity contribution in [1.29, 1.82) is 0 Å². The lowest BCUT2D eigenvalue weighted by Gasteiger charge is -2.26. The van der Waals surface area contributed by atoms with Crippen LogP contribution in [0.3, 0.4) is 0 Å². The van der Waals surface area contributed by atoms with E-state index in [-0.39, 0.29) is 28.8 Å². The maximum absolute atomic E-state index is 13.6. The normalized spacial score (nSPS) is 17.1. The molecule has 1 saturated heterocycles. The van der Waals surface area contributed by atoms with Crippen LogP contribution >= 0.6 is 0 Å². The van der Waals surface area contributed by atoms with Crippen LogP contribution in [0, 0.1) is 5.82 Å². The molecule has 1 fully saturated rings. The van der Waals surface area contributed by atoms with Crippen LogP contribution in [0.2, 0.25) is 0 Å². The minimum absolute atomic E-state index is 0.0178. The quantitative estimate of drug-likeness (QED) is 0.658. The summed E-state index contributed by atoms with van der Waals surface area (Å²) in [6.45, 7) is 0.649. The first-order chi connectivity index (χ1) is 12.5. The monoisotopic (exact) mass is 357 g/mol. The van der Waals surface area contributed by atoms with Crippen LogP contribution in [0.4, 0.5) is 16.0 Å². The predicted molar refractivity (Wildman–Crippen MR) is 91.7 cm³/mol. The van der Waals surface area contributed by atoms with Gasteiger partial charge in [-0.25, -0.2) is 18.7 Å². The van der Waals surface area contributed by atoms with Gasteiger partial charge in [0.05, 0.1) is 6.04 Å². The number of carbonyl (C=O) groups is 1. The molecule has 1 atom stereocenters. The molecule has 4 rings (SSSR count). The summed E-state index contributed by atoms with van der Waals surface area (Å²) < 4.78 is 15.0. The fourth-order valence-electron chi connectivity index (χ4n) is 3.46. The topological polar surface area (TPSA) is 117 Å². The molecule has 0 radical (unpaired) electrons. The Kier molecular flexibility index (Phi) is 3.64. The summed E-state index contributed by atoms with van der Waals surface area (Å²) in [7, 11) is 0. The Labute approximate surface area is 147 Å². The highest BCUT2D eigenvalue weighted by Crippen LogP contribution is 2.39. The van der Waals surface area contributed by atoms with Crippen LogP contribution in [0.5, 0.6) is 5.75 Å². The Bertz CT molecular complexity index is 1020. The lowest BCUT2D eigenvalue weighted by molar-refractivity contribution is 0.0700. The fourth-order valence-corrected chi connectivity index (χ4v) is 3.46. The molecule has 1 aliphatic rings. The second-order valence-corrected chi connectivity index (χ2v) is 6.17. The maximum atomic E-state index is 13.6. The molecule has 8 nitrogen and oxygen atoms in total. The first kappa shape index (κ1) is 16.1. The number of anilines is 2. The second-order valence-electron chi connectivity index (χ2n) is 6.17. The lowest BCUT2D eigenvalue weighted by atomic mass is 10.0. The molecule has 0 aliphatic carbocycles. The number of phenols is 1. The molecule has 3 aromatic rings. The highest BCUT2D eigenvalue weighted by atomic mass is 19.1. The van der Waals surface area contributed by atoms with Gasteiger partial charge < -0.3 is 20.8 Å². The van der Waals surface area contributed by atoms with Crippen LogP contribution in [-0.2, 0) is 0 Å². The van der Waals surface area contributed by atoms with Crippen molar-refractivity contribution in [1.82, 2.24) is 14.6 Å². The van der Waals surface area contributed by atoms with E-state index in [1.807, 2.05) is 4.90 Å². The maximum Gasteiger partial charge on any atom is 0.343 e. The van der Waals surface area contributed by atoms with E-state index in [2.05, 4.69) is 10.1 Å². The summed E-state index contributed by atoms with van der Waals surface area (Å²) in [5.41, 5.74) is 6.14. The number of aromatic hydroxyl groups is 1. The van der Waals surface area contributed by atoms with E-state index in [9.17, 15) is 19.4 Å². The third kappa shape index (κ3) is 2.48. The van der Waals surface area contributed by atoms with Crippen molar-refractivity contribution >= 4 is 23.3 Å². The third-order valence-corrected chi connectivity index (χ3v) is 4.61. The SMILES string of the molecule is Nc1nn2ccc(N3CCCC3c3cc(F)ccc3O)nc2c1C(=O)O. The number of carboxylic acids is 1. The van der Waals surface area contributed by atoms with Crippen molar-refractivity contribution in [3.05, 3.63) is 47.4 Å². The number of nitrogens with zero attached hydrogens (tertiary/aromatic N) is 4. The van der Waals surface area contributed by atoms with Crippen molar-refractivity contribution in [3.63, 3.8) is 0 Å². The number of hydrogen-bond donors (Lipinski definition) is 3. The smallest absolute Gasteiger partial charge is 0.343 e. The fraction of sp³-hybridized carbons (Fsp3) is 0.235. The molecule has 1 aliphatic heterocycles. The zero-order valence-corrected chi connectivity index (χ0v) is 13.6. The number of rotatable bonds is 3. The molecule has 1 unspecified atom stereocenters. The molecular weight excluding hydrogens is 341 g/mol. The number of nitrogens with two attached hydrogens (primary N) is 1. The molecule has 0 saturated carbocycles. The number of fused-ring (bicyclic) bond motifs is 1. The largest absolute Gasteiger partial charge is 0.508 e. The Hall–Kier alpha value is -3.36. The molecule has 134 valence electrons. The molecule has 1 aromatic carbocycles. The van der Waals surface area contributed by atoms with Crippen LogP contribution in [-0.4, -0.2) is 37.3 Å². The molecule has 2 aromatic heterocycles. The van der Waals surface area contributed by atoms with Gasteiger partial charge in [0.15, 0.2) is 11.5 Å². The van der Waals surface area contributed by atoms with Gasteiger partial charge in [-0.05, 0) is 37.1 Å². The van der Waals surface area contributed by atoms with Gasteiger partial charge in [0.25, 0.3) is 0 Å². The predicted octanol–water partition coefficient (Wildman–Crippen LogP) is 2.20. The average molecular weight is 357 g/mol. The van der Waals surface area contributed by atoms with E-state index in [0.717, 1.165) is 12.8 Å². The van der Waals surface area contributed by atoms with Crippen LogP contribution in [0.15, 0.2) is 30.5 Å². The van der Waals surface area contributed by atoms with E-state index >= 15 is 0 Å². The van der Waals surface area contributed by atoms with E-state index in [1.54, 1.807) is 12.3 Å². The summed E-state index contributed by atoms with van der Waals surface area (Å²) in [6, 6.07) is 5.29. The van der Waals surface area contributed by atoms with Gasteiger partial charge in [-0.3, -0.25) is 0 Å². The standard InChI is InChI=1S/C17H16FN5O3/c18-9-3-4-12(24)10(8-9)11-2-1-6-22(11)13-5-7-23-16(20-13)14(17(25)26)15(19)21-23/h3-5,7-8,11,24H,1-2,6H2,(H2,19,21)(H,25,26). The second kappa shape index (κ2) is 5.87. The molecular formula is C17H16FN5O3. The zero-order chi connectivity index (χ0) is 18.4. The van der Waals surface area contributed by atoms with Gasteiger partial charge in [-0.2, -0.15) is 0 Å². The van der Waals surface area contributed by atoms with E-state index in [1.165, 1.54) is 22.7 Å². The van der Waals surface area contributed by atoms with Crippen molar-refractivity contribution in [2.45, 2.75) is 18.9 Å². The minimum atomic E-state index is -1.21. The Morgan fingerprint density at radius 2 is 2.15 bits per heavy atom. The van der Waals surface area contributed by atoms with Crippen LogP contribution < -0.4 is 10.6 Å². The molecule has 0 spiro atoms. The molecule has 26 heavy (non-hydrogen) atoms. The highest BCUT2D eigenvalue weighted by Gasteiger charge is 2.30. The number of nitrogen functional groups attached to an aromatic ring is 1. The van der Waals surface area contributed by atoms with Gasteiger partial charge in [0, 0.05) is 18.3 Å². The highest BCUT2D eigenvalue weighted by molar-refractivity contribution is 5.99. The molecule has 4 N–H and O–H groups in total. The Balaban J connectivity index is 1.80.